The van der Waals surface area contributed by atoms with Gasteiger partial charge in [0.2, 0.25) is 0 Å². The lowest BCUT2D eigenvalue weighted by molar-refractivity contribution is -0.384. The van der Waals surface area contributed by atoms with Gasteiger partial charge in [0.05, 0.1) is 16.5 Å². The summed E-state index contributed by atoms with van der Waals surface area (Å²) in [4.78, 5) is 23.6. The number of nitrogens with zero attached hydrogens (tertiary/aromatic N) is 1. The molecule has 1 amide bonds. The molecule has 2 aromatic rings. The van der Waals surface area contributed by atoms with E-state index >= 15 is 0 Å². The number of thiocarbonyl (C=S) groups is 1. The van der Waals surface area contributed by atoms with Crippen LogP contribution in [0.1, 0.15) is 24.1 Å². The van der Waals surface area contributed by atoms with Crippen LogP contribution in [0.4, 0.5) is 11.4 Å². The number of nitro benzene ring substituents is 1. The van der Waals surface area contributed by atoms with Crippen molar-refractivity contribution in [1.29, 1.82) is 0 Å². The topological polar surface area (TPSA) is 96.3 Å². The van der Waals surface area contributed by atoms with E-state index in [1.54, 1.807) is 25.1 Å². The molecule has 0 aliphatic carbocycles. The summed E-state index contributed by atoms with van der Waals surface area (Å²) in [7, 11) is 0. The molecule has 27 heavy (non-hydrogen) atoms. The van der Waals surface area contributed by atoms with Crippen molar-refractivity contribution in [1.82, 2.24) is 10.6 Å². The van der Waals surface area contributed by atoms with Crippen LogP contribution in [0.25, 0.3) is 0 Å². The highest BCUT2D eigenvalue weighted by Crippen LogP contribution is 2.29. The van der Waals surface area contributed by atoms with E-state index in [0.29, 0.717) is 27.6 Å². The van der Waals surface area contributed by atoms with Crippen LogP contribution in [0.5, 0.6) is 0 Å². The summed E-state index contributed by atoms with van der Waals surface area (Å²) in [5, 5.41) is 20.3. The van der Waals surface area contributed by atoms with Crippen LogP contribution in [0, 0.1) is 17.0 Å². The molecule has 0 fully saturated rings. The fourth-order valence-electron chi connectivity index (χ4n) is 2.98. The van der Waals surface area contributed by atoms with Gasteiger partial charge in [-0.05, 0) is 49.3 Å². The fourth-order valence-corrected chi connectivity index (χ4v) is 3.25. The zero-order chi connectivity index (χ0) is 19.6. The number of anilines is 1. The van der Waals surface area contributed by atoms with E-state index in [1.807, 2.05) is 25.1 Å². The molecule has 0 saturated heterocycles. The molecule has 0 unspecified atom stereocenters. The van der Waals surface area contributed by atoms with Crippen molar-refractivity contribution in [2.24, 2.45) is 0 Å². The maximum absolute atomic E-state index is 13.0. The van der Waals surface area contributed by atoms with Crippen LogP contribution < -0.4 is 16.0 Å². The van der Waals surface area contributed by atoms with Crippen LogP contribution in [0.3, 0.4) is 0 Å². The Bertz CT molecular complexity index is 971. The van der Waals surface area contributed by atoms with E-state index in [9.17, 15) is 14.9 Å². The third-order valence-electron chi connectivity index (χ3n) is 4.20. The van der Waals surface area contributed by atoms with E-state index in [-0.39, 0.29) is 11.6 Å². The number of non-ortho nitro benzene ring substituents is 1. The number of carbonyl (C=O) groups excluding carboxylic acids is 1. The van der Waals surface area contributed by atoms with Crippen molar-refractivity contribution < 1.29 is 9.72 Å². The SMILES string of the molecule is CC1=C(C(=O)Nc2cccc(C)c2)[C@H](c2cccc([N+](=O)[O-])c2)NC(=S)N1. The number of allylic oxidation sites excluding steroid dienone is 1. The Morgan fingerprint density at radius 1 is 1.19 bits per heavy atom. The minimum Gasteiger partial charge on any atom is -0.351 e. The molecule has 0 aromatic heterocycles. The molecule has 7 nitrogen and oxygen atoms in total. The van der Waals surface area contributed by atoms with Crippen molar-refractivity contribution in [2.45, 2.75) is 19.9 Å². The first-order valence-corrected chi connectivity index (χ1v) is 8.66. The molecule has 3 N–H and O–H groups in total. The summed E-state index contributed by atoms with van der Waals surface area (Å²) >= 11 is 5.21. The van der Waals surface area contributed by atoms with Crippen LogP contribution >= 0.6 is 12.2 Å². The van der Waals surface area contributed by atoms with Crippen LogP contribution in [0.2, 0.25) is 0 Å². The van der Waals surface area contributed by atoms with Gasteiger partial charge in [0, 0.05) is 23.5 Å². The minimum atomic E-state index is -0.594. The van der Waals surface area contributed by atoms with Gasteiger partial charge in [-0.25, -0.2) is 0 Å². The Hall–Kier alpha value is -3.26. The lowest BCUT2D eigenvalue weighted by atomic mass is 9.94. The molecule has 0 saturated carbocycles. The van der Waals surface area contributed by atoms with E-state index in [1.165, 1.54) is 12.1 Å². The highest BCUT2D eigenvalue weighted by molar-refractivity contribution is 7.80. The first-order chi connectivity index (χ1) is 12.8. The van der Waals surface area contributed by atoms with E-state index in [4.69, 9.17) is 12.2 Å². The fraction of sp³-hybridized carbons (Fsp3) is 0.158. The van der Waals surface area contributed by atoms with Gasteiger partial charge in [0.25, 0.3) is 11.6 Å². The highest BCUT2D eigenvalue weighted by atomic mass is 32.1. The lowest BCUT2D eigenvalue weighted by Crippen LogP contribution is -2.45. The average molecular weight is 382 g/mol. The lowest BCUT2D eigenvalue weighted by Gasteiger charge is -2.30. The smallest absolute Gasteiger partial charge is 0.269 e. The first-order valence-electron chi connectivity index (χ1n) is 8.26. The zero-order valence-electron chi connectivity index (χ0n) is 14.8. The van der Waals surface area contributed by atoms with Gasteiger partial charge in [-0.2, -0.15) is 0 Å². The quantitative estimate of drug-likeness (QED) is 0.426. The number of rotatable bonds is 4. The molecule has 1 atom stereocenters. The van der Waals surface area contributed by atoms with E-state index in [2.05, 4.69) is 16.0 Å². The molecule has 0 bridgehead atoms. The maximum Gasteiger partial charge on any atom is 0.269 e. The van der Waals surface area contributed by atoms with E-state index < -0.39 is 11.0 Å². The largest absolute Gasteiger partial charge is 0.351 e. The third kappa shape index (κ3) is 4.12. The molecule has 1 aliphatic heterocycles. The van der Waals surface area contributed by atoms with Gasteiger partial charge in [0.15, 0.2) is 5.11 Å². The number of hydrogen-bond acceptors (Lipinski definition) is 4. The Kier molecular flexibility index (Phi) is 5.18. The maximum atomic E-state index is 13.0. The van der Waals surface area contributed by atoms with Gasteiger partial charge < -0.3 is 16.0 Å². The Morgan fingerprint density at radius 2 is 1.93 bits per heavy atom. The van der Waals surface area contributed by atoms with E-state index in [0.717, 1.165) is 5.56 Å². The standard InChI is InChI=1S/C19H18N4O3S/c1-11-5-3-7-14(9-11)21-18(24)16-12(2)20-19(27)22-17(16)13-6-4-8-15(10-13)23(25)26/h3-10,17H,1-2H3,(H,21,24)(H2,20,22,27)/t17-/m0/s1. The number of carbonyl (C=O) groups is 1. The number of amides is 1. The number of nitro groups is 1. The number of aryl methyl sites for hydroxylation is 1. The minimum absolute atomic E-state index is 0.0464. The average Bonchev–Trinajstić information content (AvgIpc) is 2.61. The van der Waals surface area contributed by atoms with Gasteiger partial charge in [0.1, 0.15) is 0 Å². The van der Waals surface area contributed by atoms with Crippen molar-refractivity contribution in [3.05, 3.63) is 81.0 Å². The molecule has 1 heterocycles. The van der Waals surface area contributed by atoms with Gasteiger partial charge in [-0.15, -0.1) is 0 Å². The second-order valence-corrected chi connectivity index (χ2v) is 6.65. The zero-order valence-corrected chi connectivity index (χ0v) is 15.6. The summed E-state index contributed by atoms with van der Waals surface area (Å²) in [6.45, 7) is 3.69. The molecule has 1 aliphatic rings. The van der Waals surface area contributed by atoms with Crippen LogP contribution in [-0.2, 0) is 4.79 Å². The van der Waals surface area contributed by atoms with Crippen molar-refractivity contribution in [3.63, 3.8) is 0 Å². The van der Waals surface area contributed by atoms with Crippen LogP contribution in [-0.4, -0.2) is 15.9 Å². The van der Waals surface area contributed by atoms with Crippen LogP contribution in [0.15, 0.2) is 59.8 Å². The summed E-state index contributed by atoms with van der Waals surface area (Å²) in [6.07, 6.45) is 0. The molecular weight excluding hydrogens is 364 g/mol. The monoisotopic (exact) mass is 382 g/mol. The predicted molar refractivity (Wildman–Crippen MR) is 107 cm³/mol. The Morgan fingerprint density at radius 3 is 2.63 bits per heavy atom. The molecule has 0 spiro atoms. The molecule has 138 valence electrons. The Balaban J connectivity index is 1.98. The Labute approximate surface area is 161 Å². The summed E-state index contributed by atoms with van der Waals surface area (Å²) in [5.41, 5.74) is 3.25. The number of nitrogens with one attached hydrogen (secondary N) is 3. The van der Waals surface area contributed by atoms with Gasteiger partial charge >= 0.3 is 0 Å². The second-order valence-electron chi connectivity index (χ2n) is 6.25. The summed E-state index contributed by atoms with van der Waals surface area (Å²) in [5.74, 6) is -0.308. The van der Waals surface area contributed by atoms with Gasteiger partial charge in [-0.3, -0.25) is 14.9 Å². The van der Waals surface area contributed by atoms with Crippen molar-refractivity contribution in [2.75, 3.05) is 5.32 Å². The number of benzene rings is 2. The normalized spacial score (nSPS) is 16.4. The molecule has 3 rings (SSSR count). The van der Waals surface area contributed by atoms with Crippen molar-refractivity contribution in [3.8, 4) is 0 Å². The molecular formula is C19H18N4O3S. The summed E-state index contributed by atoms with van der Waals surface area (Å²) < 4.78 is 0. The molecule has 0 radical (unpaired) electrons. The van der Waals surface area contributed by atoms with Gasteiger partial charge in [-0.1, -0.05) is 24.3 Å². The van der Waals surface area contributed by atoms with Crippen molar-refractivity contribution >= 4 is 34.6 Å². The predicted octanol–water partition coefficient (Wildman–Crippen LogP) is 3.33. The first kappa shape index (κ1) is 18.5. The molecule has 8 heteroatoms. The summed E-state index contributed by atoms with van der Waals surface area (Å²) in [6, 6.07) is 13.0. The highest BCUT2D eigenvalue weighted by Gasteiger charge is 2.30. The number of hydrogen-bond donors (Lipinski definition) is 3. The molecule has 2 aromatic carbocycles. The second kappa shape index (κ2) is 7.55. The third-order valence-corrected chi connectivity index (χ3v) is 4.42.